The van der Waals surface area contributed by atoms with Gasteiger partial charge in [-0.1, -0.05) is 44.9 Å². The van der Waals surface area contributed by atoms with E-state index in [9.17, 15) is 19.5 Å². The van der Waals surface area contributed by atoms with Crippen LogP contribution in [0.5, 0.6) is 0 Å². The predicted octanol–water partition coefficient (Wildman–Crippen LogP) is 4.85. The van der Waals surface area contributed by atoms with Crippen LogP contribution in [0.1, 0.15) is 84.5 Å². The zero-order valence-electron chi connectivity index (χ0n) is 19.1. The van der Waals surface area contributed by atoms with Crippen molar-refractivity contribution in [1.82, 2.24) is 0 Å². The number of carboxylic acid groups (broad SMARTS) is 1. The number of aliphatic carboxylic acids is 1. The molecule has 0 bridgehead atoms. The highest BCUT2D eigenvalue weighted by Crippen LogP contribution is 2.31. The van der Waals surface area contributed by atoms with E-state index in [0.717, 1.165) is 51.4 Å². The third-order valence-corrected chi connectivity index (χ3v) is 5.98. The number of carboxylic acids is 1. The van der Waals surface area contributed by atoms with Crippen molar-refractivity contribution in [3.05, 3.63) is 24.3 Å². The molecular weight excluding hydrogens is 396 g/mol. The van der Waals surface area contributed by atoms with Crippen molar-refractivity contribution in [2.75, 3.05) is 6.61 Å². The van der Waals surface area contributed by atoms with E-state index < -0.39 is 11.9 Å². The summed E-state index contributed by atoms with van der Waals surface area (Å²) < 4.78 is 4.99. The van der Waals surface area contributed by atoms with Gasteiger partial charge in [-0.2, -0.15) is 0 Å². The Morgan fingerprint density at radius 2 is 1.94 bits per heavy atom. The van der Waals surface area contributed by atoms with Gasteiger partial charge in [-0.15, -0.1) is 0 Å². The van der Waals surface area contributed by atoms with Crippen LogP contribution in [-0.4, -0.2) is 40.6 Å². The fraction of sp³-hybridized carbons (Fsp3) is 0.720. The van der Waals surface area contributed by atoms with E-state index in [4.69, 9.17) is 9.84 Å². The van der Waals surface area contributed by atoms with Gasteiger partial charge in [0.25, 0.3) is 0 Å². The van der Waals surface area contributed by atoms with Gasteiger partial charge in [0, 0.05) is 5.92 Å². The molecule has 4 atom stereocenters. The van der Waals surface area contributed by atoms with Gasteiger partial charge >= 0.3 is 11.9 Å². The minimum atomic E-state index is -1.00. The molecule has 6 nitrogen and oxygen atoms in total. The van der Waals surface area contributed by atoms with Crippen LogP contribution in [0.3, 0.4) is 0 Å². The minimum absolute atomic E-state index is 0.0235. The maximum atomic E-state index is 12.2. The Morgan fingerprint density at radius 3 is 2.65 bits per heavy atom. The van der Waals surface area contributed by atoms with Gasteiger partial charge in [0.2, 0.25) is 0 Å². The quantitative estimate of drug-likeness (QED) is 0.192. The van der Waals surface area contributed by atoms with Crippen molar-refractivity contribution in [3.63, 3.8) is 0 Å². The number of aliphatic hydroxyl groups excluding tert-OH is 1. The molecule has 176 valence electrons. The van der Waals surface area contributed by atoms with Crippen molar-refractivity contribution in [2.24, 2.45) is 17.8 Å². The second-order valence-electron chi connectivity index (χ2n) is 8.61. The number of unbranched alkanes of at least 4 members (excludes halogenated alkanes) is 3. The standard InChI is InChI=1S/C25H40O6/c1-3-4-10-19(2)22(26)14-12-20-13-15-23(27)21(20)11-8-6-5-7-9-18-31-25(30)17-16-24(28)29/h6,8,13,15,19-22,26H,3-5,7,9-12,14,16-18H2,1-2H3,(H,28,29)/t19?,20-,21+,22+/m0/s1. The van der Waals surface area contributed by atoms with E-state index in [0.29, 0.717) is 18.9 Å². The molecule has 0 aliphatic heterocycles. The number of ketones is 1. The first-order valence-electron chi connectivity index (χ1n) is 11.8. The SMILES string of the molecule is CCCCC(C)[C@H](O)CC[C@H]1C=CC(=O)[C@@H]1CC=CCCCCOC(=O)CCC(=O)O. The number of aliphatic hydroxyl groups is 1. The van der Waals surface area contributed by atoms with Crippen LogP contribution in [0.15, 0.2) is 24.3 Å². The molecule has 2 N–H and O–H groups in total. The minimum Gasteiger partial charge on any atom is -0.481 e. The molecule has 0 fully saturated rings. The molecule has 0 saturated heterocycles. The van der Waals surface area contributed by atoms with Crippen molar-refractivity contribution >= 4 is 17.7 Å². The highest BCUT2D eigenvalue weighted by molar-refractivity contribution is 5.94. The van der Waals surface area contributed by atoms with E-state index >= 15 is 0 Å². The van der Waals surface area contributed by atoms with Gasteiger partial charge in [0.15, 0.2) is 5.78 Å². The summed E-state index contributed by atoms with van der Waals surface area (Å²) in [5.74, 6) is -0.814. The molecule has 0 amide bonds. The Hall–Kier alpha value is -1.95. The molecule has 1 aliphatic carbocycles. The Morgan fingerprint density at radius 1 is 1.16 bits per heavy atom. The molecule has 1 aliphatic rings. The summed E-state index contributed by atoms with van der Waals surface area (Å²) in [6, 6.07) is 0. The largest absolute Gasteiger partial charge is 0.481 e. The van der Waals surface area contributed by atoms with Crippen molar-refractivity contribution in [2.45, 2.75) is 90.6 Å². The highest BCUT2D eigenvalue weighted by atomic mass is 16.5. The lowest BCUT2D eigenvalue weighted by Gasteiger charge is -2.22. The first-order chi connectivity index (χ1) is 14.8. The van der Waals surface area contributed by atoms with E-state index in [1.807, 2.05) is 6.08 Å². The van der Waals surface area contributed by atoms with Gasteiger partial charge in [-0.25, -0.2) is 0 Å². The summed E-state index contributed by atoms with van der Waals surface area (Å²) in [5, 5.41) is 18.9. The van der Waals surface area contributed by atoms with Crippen molar-refractivity contribution < 1.29 is 29.3 Å². The molecule has 0 radical (unpaired) electrons. The summed E-state index contributed by atoms with van der Waals surface area (Å²) in [7, 11) is 0. The van der Waals surface area contributed by atoms with E-state index in [-0.39, 0.29) is 36.6 Å². The number of carbonyl (C=O) groups excluding carboxylic acids is 2. The molecule has 1 rings (SSSR count). The van der Waals surface area contributed by atoms with E-state index in [1.54, 1.807) is 6.08 Å². The lowest BCUT2D eigenvalue weighted by molar-refractivity contribution is -0.147. The molecular formula is C25H40O6. The summed E-state index contributed by atoms with van der Waals surface area (Å²) in [4.78, 5) is 33.9. The molecule has 31 heavy (non-hydrogen) atoms. The Labute approximate surface area is 186 Å². The lowest BCUT2D eigenvalue weighted by atomic mass is 9.85. The van der Waals surface area contributed by atoms with Crippen LogP contribution < -0.4 is 0 Å². The van der Waals surface area contributed by atoms with Crippen LogP contribution in [0.4, 0.5) is 0 Å². The zero-order valence-corrected chi connectivity index (χ0v) is 19.1. The van der Waals surface area contributed by atoms with Crippen LogP contribution in [0.2, 0.25) is 0 Å². The van der Waals surface area contributed by atoms with Crippen molar-refractivity contribution in [3.8, 4) is 0 Å². The van der Waals surface area contributed by atoms with Gasteiger partial charge in [-0.05, 0) is 62.9 Å². The number of ether oxygens (including phenoxy) is 1. The molecule has 0 aromatic heterocycles. The summed E-state index contributed by atoms with van der Waals surface area (Å²) in [6.07, 6.45) is 15.3. The van der Waals surface area contributed by atoms with Crippen molar-refractivity contribution in [1.29, 1.82) is 0 Å². The van der Waals surface area contributed by atoms with E-state index in [1.165, 1.54) is 0 Å². The fourth-order valence-corrected chi connectivity index (χ4v) is 3.83. The Balaban J connectivity index is 2.21. The number of esters is 1. The van der Waals surface area contributed by atoms with Crippen LogP contribution >= 0.6 is 0 Å². The molecule has 0 aromatic carbocycles. The average Bonchev–Trinajstić information content (AvgIpc) is 3.09. The molecule has 6 heteroatoms. The Kier molecular flexibility index (Phi) is 13.8. The summed E-state index contributed by atoms with van der Waals surface area (Å²) >= 11 is 0. The summed E-state index contributed by atoms with van der Waals surface area (Å²) in [6.45, 7) is 4.57. The molecule has 0 aromatic rings. The average molecular weight is 437 g/mol. The van der Waals surface area contributed by atoms with Gasteiger partial charge in [-0.3, -0.25) is 14.4 Å². The van der Waals surface area contributed by atoms with Gasteiger partial charge in [0.1, 0.15) is 0 Å². The normalized spacial score (nSPS) is 20.3. The number of rotatable bonds is 17. The number of hydrogen-bond donors (Lipinski definition) is 2. The molecule has 1 unspecified atom stereocenters. The Bertz CT molecular complexity index is 609. The maximum absolute atomic E-state index is 12.2. The smallest absolute Gasteiger partial charge is 0.306 e. The number of hydrogen-bond acceptors (Lipinski definition) is 5. The van der Waals surface area contributed by atoms with Crippen LogP contribution in [0, 0.1) is 17.8 Å². The second kappa shape index (κ2) is 15.8. The van der Waals surface area contributed by atoms with Crippen LogP contribution in [0.25, 0.3) is 0 Å². The van der Waals surface area contributed by atoms with Gasteiger partial charge in [0.05, 0.1) is 25.6 Å². The molecule has 0 heterocycles. The van der Waals surface area contributed by atoms with Gasteiger partial charge < -0.3 is 14.9 Å². The zero-order chi connectivity index (χ0) is 23.1. The van der Waals surface area contributed by atoms with E-state index in [2.05, 4.69) is 26.0 Å². The maximum Gasteiger partial charge on any atom is 0.306 e. The first-order valence-corrected chi connectivity index (χ1v) is 11.8. The number of allylic oxidation sites excluding steroid dienone is 4. The molecule has 0 saturated carbocycles. The molecule has 0 spiro atoms. The first kappa shape index (κ1) is 27.1. The third-order valence-electron chi connectivity index (χ3n) is 5.98. The fourth-order valence-electron chi connectivity index (χ4n) is 3.83. The second-order valence-corrected chi connectivity index (χ2v) is 8.61. The highest BCUT2D eigenvalue weighted by Gasteiger charge is 2.29. The summed E-state index contributed by atoms with van der Waals surface area (Å²) in [5.41, 5.74) is 0. The predicted molar refractivity (Wildman–Crippen MR) is 120 cm³/mol. The third kappa shape index (κ3) is 11.9. The van der Waals surface area contributed by atoms with Crippen LogP contribution in [-0.2, 0) is 19.1 Å². The number of carbonyl (C=O) groups is 3. The lowest BCUT2D eigenvalue weighted by Crippen LogP contribution is -2.21. The topological polar surface area (TPSA) is 101 Å². The monoisotopic (exact) mass is 436 g/mol.